The molecule has 1 unspecified atom stereocenters. The first-order valence-corrected chi connectivity index (χ1v) is 2.93. The maximum Gasteiger partial charge on any atom is 0.331 e. The Bertz CT molecular complexity index is 161. The van der Waals surface area contributed by atoms with Gasteiger partial charge in [0, 0.05) is 12.5 Å². The predicted octanol–water partition coefficient (Wildman–Crippen LogP) is -0.831. The molecule has 0 fully saturated rings. The summed E-state index contributed by atoms with van der Waals surface area (Å²) in [5.41, 5.74) is 0. The molecule has 56 valence electrons. The van der Waals surface area contributed by atoms with Crippen LogP contribution in [0.25, 0.3) is 0 Å². The summed E-state index contributed by atoms with van der Waals surface area (Å²) < 4.78 is 4.60. The van der Waals surface area contributed by atoms with E-state index in [-0.39, 0.29) is 6.42 Å². The Morgan fingerprint density at radius 1 is 1.70 bits per heavy atom. The fourth-order valence-corrected chi connectivity index (χ4v) is 0.748. The molecule has 0 aliphatic carbocycles. The highest BCUT2D eigenvalue weighted by atomic mass is 16.6. The van der Waals surface area contributed by atoms with Crippen molar-refractivity contribution < 1.29 is 19.7 Å². The second kappa shape index (κ2) is 2.81. The third-order valence-corrected chi connectivity index (χ3v) is 1.16. The minimum atomic E-state index is -1.42. The Labute approximate surface area is 57.7 Å². The van der Waals surface area contributed by atoms with Gasteiger partial charge in [-0.05, 0) is 6.08 Å². The van der Waals surface area contributed by atoms with E-state index < -0.39 is 18.4 Å². The molecule has 0 aromatic carbocycles. The predicted molar refractivity (Wildman–Crippen MR) is 31.9 cm³/mol. The van der Waals surface area contributed by atoms with Gasteiger partial charge in [-0.2, -0.15) is 0 Å². The number of rotatable bonds is 2. The van der Waals surface area contributed by atoms with Crippen LogP contribution in [0.1, 0.15) is 6.42 Å². The Kier molecular flexibility index (Phi) is 2.03. The summed E-state index contributed by atoms with van der Waals surface area (Å²) in [7, 11) is 0. The summed E-state index contributed by atoms with van der Waals surface area (Å²) >= 11 is 0. The van der Waals surface area contributed by atoms with Crippen LogP contribution in [0.3, 0.4) is 0 Å². The quantitative estimate of drug-likeness (QED) is 0.392. The standard InChI is InChI=1S/C6H8O4/c7-5(8)3-4-1-2-6(9)10-4/h1-2,4-5,7-8H,3H2. The molecule has 0 spiro atoms. The largest absolute Gasteiger partial charge is 0.455 e. The van der Waals surface area contributed by atoms with Crippen LogP contribution < -0.4 is 0 Å². The lowest BCUT2D eigenvalue weighted by atomic mass is 10.2. The van der Waals surface area contributed by atoms with E-state index in [2.05, 4.69) is 4.74 Å². The van der Waals surface area contributed by atoms with Gasteiger partial charge in [-0.15, -0.1) is 0 Å². The summed E-state index contributed by atoms with van der Waals surface area (Å²) in [6.07, 6.45) is 0.935. The second-order valence-electron chi connectivity index (χ2n) is 2.05. The van der Waals surface area contributed by atoms with Crippen LogP contribution in [0.2, 0.25) is 0 Å². The van der Waals surface area contributed by atoms with E-state index in [1.165, 1.54) is 12.2 Å². The molecule has 0 saturated carbocycles. The number of hydrogen-bond donors (Lipinski definition) is 2. The molecule has 4 heteroatoms. The van der Waals surface area contributed by atoms with Gasteiger partial charge >= 0.3 is 5.97 Å². The smallest absolute Gasteiger partial charge is 0.331 e. The molecule has 1 rings (SSSR count). The van der Waals surface area contributed by atoms with E-state index in [1.54, 1.807) is 0 Å². The van der Waals surface area contributed by atoms with Crippen molar-refractivity contribution in [3.05, 3.63) is 12.2 Å². The SMILES string of the molecule is O=C1C=CC(CC(O)O)O1. The molecular formula is C6H8O4. The lowest BCUT2D eigenvalue weighted by Gasteiger charge is -2.08. The van der Waals surface area contributed by atoms with E-state index in [0.717, 1.165) is 0 Å². The molecule has 0 amide bonds. The summed E-state index contributed by atoms with van der Waals surface area (Å²) in [4.78, 5) is 10.4. The molecule has 0 radical (unpaired) electrons. The van der Waals surface area contributed by atoms with Gasteiger partial charge < -0.3 is 14.9 Å². The Morgan fingerprint density at radius 2 is 2.40 bits per heavy atom. The zero-order chi connectivity index (χ0) is 7.56. The Balaban J connectivity index is 2.33. The Morgan fingerprint density at radius 3 is 2.80 bits per heavy atom. The molecule has 0 aromatic rings. The molecule has 4 nitrogen and oxygen atoms in total. The third kappa shape index (κ3) is 1.82. The minimum absolute atomic E-state index is 0.0439. The highest BCUT2D eigenvalue weighted by Crippen LogP contribution is 2.09. The zero-order valence-corrected chi connectivity index (χ0v) is 5.23. The van der Waals surface area contributed by atoms with Crippen molar-refractivity contribution in [1.29, 1.82) is 0 Å². The number of hydrogen-bond acceptors (Lipinski definition) is 4. The van der Waals surface area contributed by atoms with Crippen LogP contribution in [-0.2, 0) is 9.53 Å². The first-order chi connectivity index (χ1) is 4.68. The van der Waals surface area contributed by atoms with Gasteiger partial charge in [0.1, 0.15) is 6.10 Å². The number of aliphatic hydroxyl groups excluding tert-OH is 1. The van der Waals surface area contributed by atoms with Crippen molar-refractivity contribution in [2.75, 3.05) is 0 Å². The van der Waals surface area contributed by atoms with Crippen molar-refractivity contribution >= 4 is 5.97 Å². The van der Waals surface area contributed by atoms with Crippen LogP contribution in [0.15, 0.2) is 12.2 Å². The molecule has 10 heavy (non-hydrogen) atoms. The average molecular weight is 144 g/mol. The summed E-state index contributed by atoms with van der Waals surface area (Å²) in [5, 5.41) is 16.9. The van der Waals surface area contributed by atoms with Crippen LogP contribution in [-0.4, -0.2) is 28.6 Å². The topological polar surface area (TPSA) is 66.8 Å². The molecular weight excluding hydrogens is 136 g/mol. The number of carbonyl (C=O) groups is 1. The molecule has 0 saturated heterocycles. The van der Waals surface area contributed by atoms with Gasteiger partial charge in [0.25, 0.3) is 0 Å². The molecule has 1 aliphatic heterocycles. The molecule has 1 heterocycles. The number of ether oxygens (including phenoxy) is 1. The van der Waals surface area contributed by atoms with Crippen molar-refractivity contribution in [3.8, 4) is 0 Å². The lowest BCUT2D eigenvalue weighted by Crippen LogP contribution is -2.16. The molecule has 0 aromatic heterocycles. The summed E-state index contributed by atoms with van der Waals surface area (Å²) in [6, 6.07) is 0. The maximum absolute atomic E-state index is 10.4. The summed E-state index contributed by atoms with van der Waals surface area (Å²) in [5.74, 6) is -0.425. The molecule has 1 aliphatic rings. The highest BCUT2D eigenvalue weighted by molar-refractivity contribution is 5.84. The molecule has 0 bridgehead atoms. The highest BCUT2D eigenvalue weighted by Gasteiger charge is 2.18. The normalized spacial score (nSPS) is 23.9. The summed E-state index contributed by atoms with van der Waals surface area (Å²) in [6.45, 7) is 0. The number of esters is 1. The molecule has 1 atom stereocenters. The van der Waals surface area contributed by atoms with Crippen molar-refractivity contribution in [1.82, 2.24) is 0 Å². The average Bonchev–Trinajstić information content (AvgIpc) is 2.13. The van der Waals surface area contributed by atoms with Crippen molar-refractivity contribution in [2.24, 2.45) is 0 Å². The third-order valence-electron chi connectivity index (χ3n) is 1.16. The fraction of sp³-hybridized carbons (Fsp3) is 0.500. The number of cyclic esters (lactones) is 1. The second-order valence-corrected chi connectivity index (χ2v) is 2.05. The van der Waals surface area contributed by atoms with Gasteiger partial charge in [-0.25, -0.2) is 4.79 Å². The Hall–Kier alpha value is -0.870. The van der Waals surface area contributed by atoms with Gasteiger partial charge in [0.05, 0.1) is 0 Å². The van der Waals surface area contributed by atoms with Gasteiger partial charge in [0.2, 0.25) is 0 Å². The molecule has 2 N–H and O–H groups in total. The van der Waals surface area contributed by atoms with Gasteiger partial charge in [-0.3, -0.25) is 0 Å². The number of aliphatic hydroxyl groups is 2. The maximum atomic E-state index is 10.4. The lowest BCUT2D eigenvalue weighted by molar-refractivity contribution is -0.142. The van der Waals surface area contributed by atoms with Crippen LogP contribution >= 0.6 is 0 Å². The first kappa shape index (κ1) is 7.24. The van der Waals surface area contributed by atoms with E-state index in [0.29, 0.717) is 0 Å². The fourth-order valence-electron chi connectivity index (χ4n) is 0.748. The van der Waals surface area contributed by atoms with Crippen molar-refractivity contribution in [2.45, 2.75) is 18.8 Å². The van der Waals surface area contributed by atoms with Crippen LogP contribution in [0, 0.1) is 0 Å². The van der Waals surface area contributed by atoms with E-state index in [4.69, 9.17) is 10.2 Å². The zero-order valence-electron chi connectivity index (χ0n) is 5.23. The number of carbonyl (C=O) groups excluding carboxylic acids is 1. The van der Waals surface area contributed by atoms with E-state index in [9.17, 15) is 4.79 Å². The van der Waals surface area contributed by atoms with Gasteiger partial charge in [-0.1, -0.05) is 0 Å². The van der Waals surface area contributed by atoms with Crippen LogP contribution in [0.5, 0.6) is 0 Å². The van der Waals surface area contributed by atoms with E-state index in [1.807, 2.05) is 0 Å². The van der Waals surface area contributed by atoms with E-state index >= 15 is 0 Å². The minimum Gasteiger partial charge on any atom is -0.455 e. The van der Waals surface area contributed by atoms with Gasteiger partial charge in [0.15, 0.2) is 6.29 Å². The van der Waals surface area contributed by atoms with Crippen molar-refractivity contribution in [3.63, 3.8) is 0 Å². The van der Waals surface area contributed by atoms with Crippen LogP contribution in [0.4, 0.5) is 0 Å². The monoisotopic (exact) mass is 144 g/mol. The first-order valence-electron chi connectivity index (χ1n) is 2.93.